The normalized spacial score (nSPS) is 31.2. The lowest BCUT2D eigenvalue weighted by atomic mass is 9.82. The van der Waals surface area contributed by atoms with E-state index in [9.17, 15) is 24.9 Å². The smallest absolute Gasteiger partial charge is 0.208 e. The van der Waals surface area contributed by atoms with Gasteiger partial charge in [-0.05, 0) is 31.0 Å². The van der Waals surface area contributed by atoms with Crippen LogP contribution in [0.4, 0.5) is 0 Å². The second-order valence-corrected chi connectivity index (χ2v) is 8.47. The Hall–Kier alpha value is -2.88. The Labute approximate surface area is 179 Å². The van der Waals surface area contributed by atoms with Gasteiger partial charge < -0.3 is 35.6 Å². The molecule has 4 aliphatic rings. The minimum Gasteiger partial charge on any atom is -0.504 e. The minimum atomic E-state index is -0.922. The van der Waals surface area contributed by atoms with E-state index in [1.807, 2.05) is 4.90 Å². The van der Waals surface area contributed by atoms with E-state index in [0.29, 0.717) is 36.4 Å². The van der Waals surface area contributed by atoms with Crippen LogP contribution in [0.2, 0.25) is 0 Å². The summed E-state index contributed by atoms with van der Waals surface area (Å²) in [6.45, 7) is 2.25. The predicted octanol–water partition coefficient (Wildman–Crippen LogP) is -0.469. The molecule has 1 aromatic rings. The molecular formula is C22H25N3O6. The van der Waals surface area contributed by atoms with Gasteiger partial charge in [0.25, 0.3) is 0 Å². The fourth-order valence-corrected chi connectivity index (χ4v) is 5.41. The van der Waals surface area contributed by atoms with Crippen LogP contribution in [-0.4, -0.2) is 76.4 Å². The highest BCUT2D eigenvalue weighted by atomic mass is 16.5. The van der Waals surface area contributed by atoms with Crippen molar-refractivity contribution >= 4 is 11.6 Å². The number of phenols is 2. The van der Waals surface area contributed by atoms with Gasteiger partial charge in [0.1, 0.15) is 0 Å². The van der Waals surface area contributed by atoms with E-state index in [1.54, 1.807) is 20.1 Å². The number of carbonyl (C=O) groups is 2. The first kappa shape index (κ1) is 20.0. The van der Waals surface area contributed by atoms with Crippen LogP contribution in [0, 0.1) is 5.92 Å². The number of aromatic hydroxyl groups is 2. The number of phenolic OH excluding ortho intramolecular Hbond substituents is 2. The maximum Gasteiger partial charge on any atom is 0.208 e. The highest BCUT2D eigenvalue weighted by Gasteiger charge is 2.72. The molecule has 5 N–H and O–H groups in total. The summed E-state index contributed by atoms with van der Waals surface area (Å²) in [6.07, 6.45) is 0.475. The Morgan fingerprint density at radius 1 is 1.26 bits per heavy atom. The summed E-state index contributed by atoms with van der Waals surface area (Å²) in [7, 11) is 1.55. The second-order valence-electron chi connectivity index (χ2n) is 8.47. The van der Waals surface area contributed by atoms with Crippen LogP contribution in [0.25, 0.3) is 0 Å². The minimum absolute atomic E-state index is 0.0280. The lowest BCUT2D eigenvalue weighted by Gasteiger charge is -2.39. The number of hydrogen-bond acceptors (Lipinski definition) is 9. The summed E-state index contributed by atoms with van der Waals surface area (Å²) in [6, 6.07) is 4.71. The van der Waals surface area contributed by atoms with Crippen molar-refractivity contribution in [1.82, 2.24) is 15.5 Å². The molecule has 1 aromatic carbocycles. The summed E-state index contributed by atoms with van der Waals surface area (Å²) in [4.78, 5) is 28.6. The number of hydrogen-bond donors (Lipinski definition) is 5. The van der Waals surface area contributed by atoms with Gasteiger partial charge >= 0.3 is 0 Å². The molecule has 1 aliphatic carbocycles. The van der Waals surface area contributed by atoms with Crippen molar-refractivity contribution in [2.45, 2.75) is 31.2 Å². The molecule has 0 spiro atoms. The molecule has 5 rings (SSSR count). The van der Waals surface area contributed by atoms with Crippen molar-refractivity contribution in [3.63, 3.8) is 0 Å². The first-order valence-electron chi connectivity index (χ1n) is 10.3. The van der Waals surface area contributed by atoms with Gasteiger partial charge in [-0.25, -0.2) is 0 Å². The number of rotatable bonds is 6. The fraction of sp³-hybridized carbons (Fsp3) is 0.455. The summed E-state index contributed by atoms with van der Waals surface area (Å²) in [5, 5.41) is 35.7. The summed E-state index contributed by atoms with van der Waals surface area (Å²) in [5.74, 6) is -1.53. The number of methoxy groups -OCH3 is 1. The molecule has 4 unspecified atom stereocenters. The molecule has 0 aromatic heterocycles. The quantitative estimate of drug-likeness (QED) is 0.231. The average Bonchev–Trinajstić information content (AvgIpc) is 3.36. The van der Waals surface area contributed by atoms with Crippen LogP contribution in [0.15, 0.2) is 40.7 Å². The van der Waals surface area contributed by atoms with Crippen molar-refractivity contribution in [3.05, 3.63) is 46.3 Å². The van der Waals surface area contributed by atoms with Crippen LogP contribution in [0.3, 0.4) is 0 Å². The van der Waals surface area contributed by atoms with Gasteiger partial charge in [-0.15, -0.1) is 0 Å². The Morgan fingerprint density at radius 3 is 2.71 bits per heavy atom. The van der Waals surface area contributed by atoms with Gasteiger partial charge in [0.15, 0.2) is 17.2 Å². The number of Topliss-reactive ketones (excluding diaryl/α,β-unsaturated/α-hetero) is 2. The third-order valence-corrected chi connectivity index (χ3v) is 6.97. The lowest BCUT2D eigenvalue weighted by Crippen LogP contribution is -2.54. The number of aliphatic hydroxyl groups excluding tert-OH is 1. The zero-order valence-electron chi connectivity index (χ0n) is 17.3. The molecule has 0 saturated carbocycles. The van der Waals surface area contributed by atoms with Gasteiger partial charge in [0, 0.05) is 37.4 Å². The monoisotopic (exact) mass is 427 g/mol. The molecule has 31 heavy (non-hydrogen) atoms. The van der Waals surface area contributed by atoms with E-state index in [0.717, 1.165) is 5.56 Å². The highest BCUT2D eigenvalue weighted by molar-refractivity contribution is 6.25. The predicted molar refractivity (Wildman–Crippen MR) is 109 cm³/mol. The molecule has 0 amide bonds. The van der Waals surface area contributed by atoms with Crippen LogP contribution in [0.1, 0.15) is 12.5 Å². The van der Waals surface area contributed by atoms with Crippen molar-refractivity contribution in [3.8, 4) is 11.5 Å². The second kappa shape index (κ2) is 6.81. The number of allylic oxidation sites excluding steroid dienone is 2. The molecule has 2 fully saturated rings. The number of benzene rings is 1. The van der Waals surface area contributed by atoms with Crippen LogP contribution in [0.5, 0.6) is 11.5 Å². The zero-order valence-corrected chi connectivity index (χ0v) is 17.3. The Bertz CT molecular complexity index is 1060. The third kappa shape index (κ3) is 2.60. The SMILES string of the molecule is COC12C(CO)C3=C(C(=O)C(C)=C(NCCc4ccc(O)c(O)c4)C3=O)N1CC1NC12. The van der Waals surface area contributed by atoms with Crippen LogP contribution >= 0.6 is 0 Å². The van der Waals surface area contributed by atoms with E-state index >= 15 is 0 Å². The number of ketones is 2. The first-order valence-corrected chi connectivity index (χ1v) is 10.3. The number of ether oxygens (including phenoxy) is 1. The topological polar surface area (TPSA) is 141 Å². The third-order valence-electron chi connectivity index (χ3n) is 6.97. The number of nitrogens with one attached hydrogen (secondary N) is 2. The van der Waals surface area contributed by atoms with Gasteiger partial charge in [-0.1, -0.05) is 6.07 Å². The van der Waals surface area contributed by atoms with Crippen LogP contribution in [-0.2, 0) is 20.7 Å². The first-order chi connectivity index (χ1) is 14.8. The zero-order chi connectivity index (χ0) is 22.1. The summed E-state index contributed by atoms with van der Waals surface area (Å²) < 4.78 is 5.87. The van der Waals surface area contributed by atoms with Gasteiger partial charge in [0.2, 0.25) is 11.6 Å². The van der Waals surface area contributed by atoms with Gasteiger partial charge in [0.05, 0.1) is 30.0 Å². The molecule has 164 valence electrons. The highest BCUT2D eigenvalue weighted by Crippen LogP contribution is 2.55. The van der Waals surface area contributed by atoms with E-state index in [4.69, 9.17) is 4.74 Å². The number of aliphatic hydroxyl groups is 1. The Balaban J connectivity index is 1.40. The Morgan fingerprint density at radius 2 is 2.03 bits per heavy atom. The van der Waals surface area contributed by atoms with E-state index in [1.165, 1.54) is 12.1 Å². The molecule has 0 radical (unpaired) electrons. The molecule has 3 aliphatic heterocycles. The van der Waals surface area contributed by atoms with E-state index < -0.39 is 11.6 Å². The fourth-order valence-electron chi connectivity index (χ4n) is 5.41. The summed E-state index contributed by atoms with van der Waals surface area (Å²) >= 11 is 0. The van der Waals surface area contributed by atoms with Crippen molar-refractivity contribution in [2.75, 3.05) is 26.8 Å². The average molecular weight is 427 g/mol. The number of nitrogens with zero attached hydrogens (tertiary/aromatic N) is 1. The number of carbonyl (C=O) groups excluding carboxylic acids is 2. The molecular weight excluding hydrogens is 402 g/mol. The summed E-state index contributed by atoms with van der Waals surface area (Å²) in [5.41, 5.74) is 1.10. The maximum atomic E-state index is 13.5. The maximum absolute atomic E-state index is 13.5. The van der Waals surface area contributed by atoms with Crippen molar-refractivity contribution in [1.29, 1.82) is 0 Å². The molecule has 9 nitrogen and oxygen atoms in total. The standard InChI is InChI=1S/C22H25N3O6/c1-10-17(23-6-5-11-3-4-14(27)15(28)7-11)20(30)16-12(9-26)22(31-2)21-13(24-21)8-25(22)18(16)19(10)29/h3-4,7,12-13,21,23-24,26-28H,5-6,8-9H2,1-2H3. The Kier molecular flexibility index (Phi) is 4.40. The van der Waals surface area contributed by atoms with Crippen molar-refractivity contribution in [2.24, 2.45) is 5.92 Å². The number of piperazine rings is 1. The molecule has 4 atom stereocenters. The lowest BCUT2D eigenvalue weighted by molar-refractivity contribution is -0.137. The van der Waals surface area contributed by atoms with E-state index in [-0.39, 0.29) is 47.5 Å². The van der Waals surface area contributed by atoms with E-state index in [2.05, 4.69) is 10.6 Å². The van der Waals surface area contributed by atoms with Gasteiger partial charge in [-0.2, -0.15) is 0 Å². The van der Waals surface area contributed by atoms with Crippen LogP contribution < -0.4 is 10.6 Å². The number of fused-ring (bicyclic) bond motifs is 4. The van der Waals surface area contributed by atoms with Crippen molar-refractivity contribution < 1.29 is 29.6 Å². The molecule has 0 bridgehead atoms. The molecule has 2 saturated heterocycles. The molecule has 3 heterocycles. The largest absolute Gasteiger partial charge is 0.504 e. The van der Waals surface area contributed by atoms with Gasteiger partial charge in [-0.3, -0.25) is 9.59 Å². The molecule has 9 heteroatoms.